The number of aliphatic imine (C=N–C) groups is 1. The third-order valence-corrected chi connectivity index (χ3v) is 6.60. The SMILES string of the molecule is COC(=O)C1=C(CN2CCOCC2)NC(c2nccs2)=N[C@H]1c1ccc(F)c(F)c1Br. The van der Waals surface area contributed by atoms with Gasteiger partial charge in [-0.15, -0.1) is 11.3 Å². The van der Waals surface area contributed by atoms with Crippen molar-refractivity contribution in [3.05, 3.63) is 61.7 Å². The van der Waals surface area contributed by atoms with Crippen LogP contribution in [0.4, 0.5) is 8.78 Å². The molecule has 0 unspecified atom stereocenters. The molecule has 7 nitrogen and oxygen atoms in total. The summed E-state index contributed by atoms with van der Waals surface area (Å²) in [6.07, 6.45) is 1.65. The predicted octanol–water partition coefficient (Wildman–Crippen LogP) is 3.03. The van der Waals surface area contributed by atoms with Crippen LogP contribution in [0.25, 0.3) is 0 Å². The highest BCUT2D eigenvalue weighted by Gasteiger charge is 2.35. The number of hydrogen-bond acceptors (Lipinski definition) is 8. The minimum atomic E-state index is -1.04. The van der Waals surface area contributed by atoms with Crippen molar-refractivity contribution in [1.82, 2.24) is 15.2 Å². The topological polar surface area (TPSA) is 76.0 Å². The molecule has 1 aromatic carbocycles. The molecule has 164 valence electrons. The first-order valence-corrected chi connectivity index (χ1v) is 11.2. The lowest BCUT2D eigenvalue weighted by molar-refractivity contribution is -0.136. The summed E-state index contributed by atoms with van der Waals surface area (Å²) in [5.74, 6) is -2.18. The molecule has 31 heavy (non-hydrogen) atoms. The molecule has 0 aliphatic carbocycles. The molecule has 0 bridgehead atoms. The zero-order valence-corrected chi connectivity index (χ0v) is 18.9. The molecule has 1 aromatic heterocycles. The van der Waals surface area contributed by atoms with Gasteiger partial charge in [0.15, 0.2) is 22.5 Å². The van der Waals surface area contributed by atoms with Gasteiger partial charge in [0.2, 0.25) is 0 Å². The van der Waals surface area contributed by atoms with Crippen LogP contribution in [0.2, 0.25) is 0 Å². The molecule has 11 heteroatoms. The van der Waals surface area contributed by atoms with E-state index in [1.165, 1.54) is 24.5 Å². The van der Waals surface area contributed by atoms with Gasteiger partial charge in [-0.25, -0.2) is 18.6 Å². The lowest BCUT2D eigenvalue weighted by Gasteiger charge is -2.32. The number of esters is 1. The van der Waals surface area contributed by atoms with Crippen LogP contribution in [-0.2, 0) is 14.3 Å². The predicted molar refractivity (Wildman–Crippen MR) is 115 cm³/mol. The largest absolute Gasteiger partial charge is 0.466 e. The second-order valence-corrected chi connectivity index (χ2v) is 8.57. The highest BCUT2D eigenvalue weighted by Crippen LogP contribution is 2.38. The third kappa shape index (κ3) is 4.54. The van der Waals surface area contributed by atoms with Crippen LogP contribution >= 0.6 is 27.3 Å². The summed E-state index contributed by atoms with van der Waals surface area (Å²) in [6.45, 7) is 2.99. The van der Waals surface area contributed by atoms with Crippen molar-refractivity contribution in [2.24, 2.45) is 4.99 Å². The Bertz CT molecular complexity index is 1040. The van der Waals surface area contributed by atoms with Crippen molar-refractivity contribution in [3.63, 3.8) is 0 Å². The van der Waals surface area contributed by atoms with Crippen LogP contribution in [-0.4, -0.2) is 61.6 Å². The van der Waals surface area contributed by atoms with Crippen LogP contribution in [0, 0.1) is 11.6 Å². The van der Waals surface area contributed by atoms with Crippen molar-refractivity contribution in [1.29, 1.82) is 0 Å². The van der Waals surface area contributed by atoms with Crippen LogP contribution in [0.3, 0.4) is 0 Å². The molecule has 0 spiro atoms. The zero-order valence-electron chi connectivity index (χ0n) is 16.5. The molecule has 1 atom stereocenters. The number of benzene rings is 1. The normalized spacial score (nSPS) is 19.7. The van der Waals surface area contributed by atoms with Crippen molar-refractivity contribution in [2.75, 3.05) is 40.0 Å². The smallest absolute Gasteiger partial charge is 0.338 e. The van der Waals surface area contributed by atoms with Gasteiger partial charge in [0.25, 0.3) is 0 Å². The molecule has 3 heterocycles. The number of aromatic nitrogens is 1. The number of hydrogen-bond donors (Lipinski definition) is 1. The van der Waals surface area contributed by atoms with Gasteiger partial charge < -0.3 is 14.8 Å². The molecular formula is C20H19BrF2N4O3S. The van der Waals surface area contributed by atoms with Gasteiger partial charge in [0, 0.05) is 36.9 Å². The van der Waals surface area contributed by atoms with E-state index in [4.69, 9.17) is 9.47 Å². The fourth-order valence-electron chi connectivity index (χ4n) is 3.48. The van der Waals surface area contributed by atoms with Crippen molar-refractivity contribution in [2.45, 2.75) is 6.04 Å². The Morgan fingerprint density at radius 1 is 1.39 bits per heavy atom. The van der Waals surface area contributed by atoms with Crippen molar-refractivity contribution >= 4 is 39.1 Å². The Balaban J connectivity index is 1.84. The second kappa shape index (κ2) is 9.51. The fourth-order valence-corrected chi connectivity index (χ4v) is 4.61. The number of methoxy groups -OCH3 is 1. The Kier molecular flexibility index (Phi) is 6.75. The lowest BCUT2D eigenvalue weighted by atomic mass is 9.95. The monoisotopic (exact) mass is 512 g/mol. The number of nitrogens with one attached hydrogen (secondary N) is 1. The van der Waals surface area contributed by atoms with E-state index in [2.05, 4.69) is 36.1 Å². The Morgan fingerprint density at radius 2 is 2.16 bits per heavy atom. The average molecular weight is 513 g/mol. The zero-order chi connectivity index (χ0) is 22.0. The van der Waals surface area contributed by atoms with Crippen LogP contribution in [0.1, 0.15) is 16.6 Å². The first-order valence-electron chi connectivity index (χ1n) is 9.49. The van der Waals surface area contributed by atoms with Gasteiger partial charge in [-0.05, 0) is 27.6 Å². The van der Waals surface area contributed by atoms with E-state index in [1.54, 1.807) is 6.20 Å². The Hall–Kier alpha value is -2.21. The van der Waals surface area contributed by atoms with E-state index in [-0.39, 0.29) is 10.0 Å². The molecular weight excluding hydrogens is 494 g/mol. The molecule has 2 aliphatic heterocycles. The molecule has 1 fully saturated rings. The van der Waals surface area contributed by atoms with Gasteiger partial charge in [0.1, 0.15) is 6.04 Å². The summed E-state index contributed by atoms with van der Waals surface area (Å²) in [5, 5.41) is 5.65. The molecule has 0 amide bonds. The van der Waals surface area contributed by atoms with Gasteiger partial charge in [0.05, 0.1) is 30.4 Å². The minimum Gasteiger partial charge on any atom is -0.466 e. The highest BCUT2D eigenvalue weighted by molar-refractivity contribution is 9.10. The van der Waals surface area contributed by atoms with Gasteiger partial charge in [-0.1, -0.05) is 6.07 Å². The highest BCUT2D eigenvalue weighted by atomic mass is 79.9. The Labute approximate surface area is 189 Å². The number of amidine groups is 1. The third-order valence-electron chi connectivity index (χ3n) is 5.01. The minimum absolute atomic E-state index is 0.0891. The quantitative estimate of drug-likeness (QED) is 0.490. The van der Waals surface area contributed by atoms with E-state index in [9.17, 15) is 13.6 Å². The van der Waals surface area contributed by atoms with Crippen LogP contribution in [0.15, 0.2) is 44.4 Å². The summed E-state index contributed by atoms with van der Waals surface area (Å²) in [5.41, 5.74) is 1.13. The van der Waals surface area contributed by atoms with Crippen LogP contribution in [0.5, 0.6) is 0 Å². The molecule has 4 rings (SSSR count). The summed E-state index contributed by atoms with van der Waals surface area (Å²) < 4.78 is 38.5. The number of carbonyl (C=O) groups excluding carboxylic acids is 1. The van der Waals surface area contributed by atoms with E-state index in [0.29, 0.717) is 55.0 Å². The first kappa shape index (κ1) is 22.0. The number of rotatable bonds is 5. The summed E-state index contributed by atoms with van der Waals surface area (Å²) in [7, 11) is 1.28. The molecule has 1 N–H and O–H groups in total. The lowest BCUT2D eigenvalue weighted by Crippen LogP contribution is -2.43. The average Bonchev–Trinajstić information content (AvgIpc) is 3.32. The van der Waals surface area contributed by atoms with Gasteiger partial charge in [-0.3, -0.25) is 9.89 Å². The van der Waals surface area contributed by atoms with E-state index in [0.717, 1.165) is 6.07 Å². The van der Waals surface area contributed by atoms with Gasteiger partial charge in [-0.2, -0.15) is 0 Å². The summed E-state index contributed by atoms with van der Waals surface area (Å²) >= 11 is 4.51. The fraction of sp³-hybridized carbons (Fsp3) is 0.350. The maximum atomic E-state index is 14.3. The molecule has 0 radical (unpaired) electrons. The number of carbonyl (C=O) groups is 1. The first-order chi connectivity index (χ1) is 15.0. The second-order valence-electron chi connectivity index (χ2n) is 6.88. The number of ether oxygens (including phenoxy) is 2. The number of thiazole rings is 1. The summed E-state index contributed by atoms with van der Waals surface area (Å²) in [6, 6.07) is 1.52. The van der Waals surface area contributed by atoms with E-state index >= 15 is 0 Å². The number of halogens is 3. The van der Waals surface area contributed by atoms with Gasteiger partial charge >= 0.3 is 5.97 Å². The van der Waals surface area contributed by atoms with E-state index in [1.807, 2.05) is 5.38 Å². The number of morpholine rings is 1. The van der Waals surface area contributed by atoms with E-state index < -0.39 is 23.6 Å². The maximum Gasteiger partial charge on any atom is 0.338 e. The molecule has 0 saturated carbocycles. The summed E-state index contributed by atoms with van der Waals surface area (Å²) in [4.78, 5) is 23.9. The molecule has 2 aliphatic rings. The Morgan fingerprint density at radius 3 is 2.84 bits per heavy atom. The molecule has 2 aromatic rings. The van der Waals surface area contributed by atoms with Crippen LogP contribution < -0.4 is 5.32 Å². The van der Waals surface area contributed by atoms with Crippen molar-refractivity contribution in [3.8, 4) is 0 Å². The standard InChI is InChI=1S/C20H19BrF2N4O3S/c1-29-20(28)14-13(10-27-5-7-30-8-6-27)25-18(19-24-4-9-31-19)26-17(14)11-2-3-12(22)16(23)15(11)21/h2-4,9,17H,5-8,10H2,1H3,(H,25,26)/t17-/m0/s1. The van der Waals surface area contributed by atoms with Crippen molar-refractivity contribution < 1.29 is 23.0 Å². The number of nitrogens with zero attached hydrogens (tertiary/aromatic N) is 3. The maximum absolute atomic E-state index is 14.3. The molecule has 1 saturated heterocycles.